The molecule has 0 amide bonds. The average molecular weight is 184 g/mol. The van der Waals surface area contributed by atoms with Crippen LogP contribution in [0.4, 0.5) is 0 Å². The molecule has 2 N–H and O–H groups in total. The standard InChI is InChI=1S/C8H8O3S/c9-3-1-2-7-4-6(5-12-7)8(10)11/h1-2,4-5,9H,3H2,(H,10,11). The van der Waals surface area contributed by atoms with Gasteiger partial charge in [-0.2, -0.15) is 0 Å². The van der Waals surface area contributed by atoms with Crippen molar-refractivity contribution < 1.29 is 15.0 Å². The Hall–Kier alpha value is -1.13. The summed E-state index contributed by atoms with van der Waals surface area (Å²) in [5.74, 6) is -0.921. The molecule has 0 aliphatic rings. The molecule has 0 bridgehead atoms. The lowest BCUT2D eigenvalue weighted by Crippen LogP contribution is -1.91. The fraction of sp³-hybridized carbons (Fsp3) is 0.125. The van der Waals surface area contributed by atoms with Gasteiger partial charge in [0.05, 0.1) is 12.2 Å². The molecule has 1 rings (SSSR count). The summed E-state index contributed by atoms with van der Waals surface area (Å²) in [7, 11) is 0. The molecule has 0 unspecified atom stereocenters. The molecule has 12 heavy (non-hydrogen) atoms. The molecule has 0 saturated heterocycles. The first-order valence-corrected chi connectivity index (χ1v) is 4.21. The highest BCUT2D eigenvalue weighted by Gasteiger charge is 2.03. The Labute approximate surface area is 73.6 Å². The minimum absolute atomic E-state index is 0.0275. The van der Waals surface area contributed by atoms with Crippen molar-refractivity contribution in [3.05, 3.63) is 28.0 Å². The van der Waals surface area contributed by atoms with E-state index in [1.165, 1.54) is 11.3 Å². The highest BCUT2D eigenvalue weighted by molar-refractivity contribution is 7.11. The SMILES string of the molecule is O=C(O)c1csc(C=CCO)c1. The quantitative estimate of drug-likeness (QED) is 0.747. The third-order valence-corrected chi connectivity index (χ3v) is 2.15. The van der Waals surface area contributed by atoms with Crippen molar-refractivity contribution >= 4 is 23.4 Å². The number of carboxylic acid groups (broad SMARTS) is 1. The summed E-state index contributed by atoms with van der Waals surface area (Å²) < 4.78 is 0. The predicted octanol–water partition coefficient (Wildman–Crippen LogP) is 1.45. The Morgan fingerprint density at radius 3 is 2.92 bits per heavy atom. The van der Waals surface area contributed by atoms with E-state index < -0.39 is 5.97 Å². The summed E-state index contributed by atoms with van der Waals surface area (Å²) in [6.45, 7) is -0.0275. The van der Waals surface area contributed by atoms with Gasteiger partial charge in [0, 0.05) is 10.3 Å². The van der Waals surface area contributed by atoms with Crippen molar-refractivity contribution in [2.75, 3.05) is 6.61 Å². The van der Waals surface area contributed by atoms with Gasteiger partial charge in [-0.3, -0.25) is 0 Å². The summed E-state index contributed by atoms with van der Waals surface area (Å²) in [6.07, 6.45) is 3.26. The fourth-order valence-electron chi connectivity index (χ4n) is 0.721. The molecule has 1 aromatic rings. The highest BCUT2D eigenvalue weighted by Crippen LogP contribution is 2.15. The maximum Gasteiger partial charge on any atom is 0.336 e. The number of carbonyl (C=O) groups is 1. The summed E-state index contributed by atoms with van der Waals surface area (Å²) in [5.41, 5.74) is 0.289. The number of aliphatic hydroxyl groups is 1. The number of hydrogen-bond donors (Lipinski definition) is 2. The average Bonchev–Trinajstić information content (AvgIpc) is 2.48. The first-order valence-electron chi connectivity index (χ1n) is 3.33. The van der Waals surface area contributed by atoms with Crippen LogP contribution in [0.15, 0.2) is 17.5 Å². The van der Waals surface area contributed by atoms with Crippen molar-refractivity contribution in [2.24, 2.45) is 0 Å². The van der Waals surface area contributed by atoms with Crippen molar-refractivity contribution in [3.8, 4) is 0 Å². The number of thiophene rings is 1. The zero-order valence-electron chi connectivity index (χ0n) is 6.23. The predicted molar refractivity (Wildman–Crippen MR) is 47.4 cm³/mol. The van der Waals surface area contributed by atoms with E-state index in [1.807, 2.05) is 0 Å². The maximum absolute atomic E-state index is 10.4. The largest absolute Gasteiger partial charge is 0.478 e. The molecule has 0 fully saturated rings. The van der Waals surface area contributed by atoms with Gasteiger partial charge in [0.2, 0.25) is 0 Å². The van der Waals surface area contributed by atoms with Crippen molar-refractivity contribution in [1.82, 2.24) is 0 Å². The minimum Gasteiger partial charge on any atom is -0.478 e. The lowest BCUT2D eigenvalue weighted by Gasteiger charge is -1.82. The smallest absolute Gasteiger partial charge is 0.336 e. The van der Waals surface area contributed by atoms with Crippen LogP contribution in [0.2, 0.25) is 0 Å². The van der Waals surface area contributed by atoms with E-state index in [4.69, 9.17) is 10.2 Å². The Bertz CT molecular complexity index is 301. The molecule has 3 nitrogen and oxygen atoms in total. The third kappa shape index (κ3) is 2.18. The monoisotopic (exact) mass is 184 g/mol. The normalized spacial score (nSPS) is 10.8. The van der Waals surface area contributed by atoms with Crippen LogP contribution in [0.1, 0.15) is 15.2 Å². The van der Waals surface area contributed by atoms with Gasteiger partial charge in [-0.05, 0) is 12.1 Å². The summed E-state index contributed by atoms with van der Waals surface area (Å²) in [6, 6.07) is 1.57. The van der Waals surface area contributed by atoms with Crippen LogP contribution in [0.3, 0.4) is 0 Å². The first-order chi connectivity index (χ1) is 5.74. The van der Waals surface area contributed by atoms with Gasteiger partial charge in [-0.1, -0.05) is 6.08 Å². The van der Waals surface area contributed by atoms with Crippen LogP contribution < -0.4 is 0 Å². The topological polar surface area (TPSA) is 57.5 Å². The molecule has 4 heteroatoms. The third-order valence-electron chi connectivity index (χ3n) is 1.25. The molecule has 0 aromatic carbocycles. The van der Waals surface area contributed by atoms with Crippen molar-refractivity contribution in [3.63, 3.8) is 0 Å². The van der Waals surface area contributed by atoms with Gasteiger partial charge in [-0.25, -0.2) is 4.79 Å². The van der Waals surface area contributed by atoms with E-state index >= 15 is 0 Å². The van der Waals surface area contributed by atoms with Crippen molar-refractivity contribution in [1.29, 1.82) is 0 Å². The number of aliphatic hydroxyl groups excluding tert-OH is 1. The molecular formula is C8H8O3S. The van der Waals surface area contributed by atoms with Gasteiger partial charge in [-0.15, -0.1) is 11.3 Å². The molecule has 0 aliphatic carbocycles. The molecule has 0 radical (unpaired) electrons. The van der Waals surface area contributed by atoms with Crippen LogP contribution in [-0.4, -0.2) is 22.8 Å². The van der Waals surface area contributed by atoms with E-state index in [9.17, 15) is 4.79 Å². The van der Waals surface area contributed by atoms with E-state index in [2.05, 4.69) is 0 Å². The molecule has 0 saturated carbocycles. The van der Waals surface area contributed by atoms with Gasteiger partial charge >= 0.3 is 5.97 Å². The molecule has 64 valence electrons. The molecule has 0 atom stereocenters. The highest BCUT2D eigenvalue weighted by atomic mass is 32.1. The van der Waals surface area contributed by atoms with Crippen LogP contribution in [0, 0.1) is 0 Å². The second kappa shape index (κ2) is 4.04. The van der Waals surface area contributed by atoms with Gasteiger partial charge in [0.15, 0.2) is 0 Å². The minimum atomic E-state index is -0.921. The van der Waals surface area contributed by atoms with Gasteiger partial charge < -0.3 is 10.2 Å². The molecule has 1 heterocycles. The van der Waals surface area contributed by atoms with E-state index in [1.54, 1.807) is 23.6 Å². The lowest BCUT2D eigenvalue weighted by atomic mass is 10.3. The summed E-state index contributed by atoms with van der Waals surface area (Å²) in [4.78, 5) is 11.3. The van der Waals surface area contributed by atoms with Crippen LogP contribution in [0.25, 0.3) is 6.08 Å². The Morgan fingerprint density at radius 2 is 2.42 bits per heavy atom. The van der Waals surface area contributed by atoms with Gasteiger partial charge in [0.25, 0.3) is 0 Å². The maximum atomic E-state index is 10.4. The fourth-order valence-corrected chi connectivity index (χ4v) is 1.52. The number of aromatic carboxylic acids is 1. The number of hydrogen-bond acceptors (Lipinski definition) is 3. The zero-order chi connectivity index (χ0) is 8.97. The van der Waals surface area contributed by atoms with Crippen molar-refractivity contribution in [2.45, 2.75) is 0 Å². The van der Waals surface area contributed by atoms with E-state index in [-0.39, 0.29) is 12.2 Å². The molecule has 1 aromatic heterocycles. The lowest BCUT2D eigenvalue weighted by molar-refractivity contribution is 0.0697. The number of rotatable bonds is 3. The molecule has 0 spiro atoms. The second-order valence-electron chi connectivity index (χ2n) is 2.13. The molecular weight excluding hydrogens is 176 g/mol. The Kier molecular flexibility index (Phi) is 3.01. The van der Waals surface area contributed by atoms with E-state index in [0.717, 1.165) is 4.88 Å². The summed E-state index contributed by atoms with van der Waals surface area (Å²) in [5, 5.41) is 18.6. The first kappa shape index (κ1) is 8.96. The Balaban J connectivity index is 2.77. The zero-order valence-corrected chi connectivity index (χ0v) is 7.04. The van der Waals surface area contributed by atoms with Crippen LogP contribution in [0.5, 0.6) is 0 Å². The van der Waals surface area contributed by atoms with E-state index in [0.29, 0.717) is 0 Å². The van der Waals surface area contributed by atoms with Gasteiger partial charge in [0.1, 0.15) is 0 Å². The summed E-state index contributed by atoms with van der Waals surface area (Å²) >= 11 is 1.34. The second-order valence-corrected chi connectivity index (χ2v) is 3.07. The number of carboxylic acids is 1. The molecule has 0 aliphatic heterocycles. The van der Waals surface area contributed by atoms with Crippen LogP contribution in [-0.2, 0) is 0 Å². The van der Waals surface area contributed by atoms with Crippen LogP contribution >= 0.6 is 11.3 Å². The Morgan fingerprint density at radius 1 is 1.67 bits per heavy atom.